The maximum absolute atomic E-state index is 12.7. The van der Waals surface area contributed by atoms with Crippen LogP contribution >= 0.6 is 0 Å². The van der Waals surface area contributed by atoms with Gasteiger partial charge in [-0.15, -0.1) is 0 Å². The van der Waals surface area contributed by atoms with Crippen molar-refractivity contribution in [1.29, 1.82) is 0 Å². The zero-order valence-electron chi connectivity index (χ0n) is 18.4. The van der Waals surface area contributed by atoms with Gasteiger partial charge in [0.1, 0.15) is 0 Å². The number of aryl methyl sites for hydroxylation is 1. The van der Waals surface area contributed by atoms with Crippen molar-refractivity contribution in [2.45, 2.75) is 43.9 Å². The molecule has 1 fully saturated rings. The lowest BCUT2D eigenvalue weighted by molar-refractivity contribution is -0.147. The van der Waals surface area contributed by atoms with Gasteiger partial charge in [-0.25, -0.2) is 8.42 Å². The van der Waals surface area contributed by atoms with Crippen LogP contribution < -0.4 is 4.90 Å². The van der Waals surface area contributed by atoms with E-state index in [-0.39, 0.29) is 23.8 Å². The SMILES string of the molecule is CCN(C(=O)COC(=O)CCc1ccc(S(=O)(=O)N2CCCCC2)cc1)c1ccccc1. The molecule has 172 valence electrons. The number of piperidine rings is 1. The number of sulfonamides is 1. The summed E-state index contributed by atoms with van der Waals surface area (Å²) in [5, 5.41) is 0. The minimum atomic E-state index is -3.46. The van der Waals surface area contributed by atoms with Crippen molar-refractivity contribution in [1.82, 2.24) is 4.31 Å². The quantitative estimate of drug-likeness (QED) is 0.538. The number of likely N-dealkylation sites (N-methyl/N-ethyl adjacent to an activating group) is 1. The highest BCUT2D eigenvalue weighted by Crippen LogP contribution is 2.21. The number of carbonyl (C=O) groups excluding carboxylic acids is 2. The zero-order valence-corrected chi connectivity index (χ0v) is 19.2. The highest BCUT2D eigenvalue weighted by molar-refractivity contribution is 7.89. The lowest BCUT2D eigenvalue weighted by atomic mass is 10.1. The van der Waals surface area contributed by atoms with Gasteiger partial charge >= 0.3 is 5.97 Å². The fraction of sp³-hybridized carbons (Fsp3) is 0.417. The molecule has 0 bridgehead atoms. The molecule has 0 N–H and O–H groups in total. The third-order valence-corrected chi connectivity index (χ3v) is 7.45. The van der Waals surface area contributed by atoms with Crippen molar-refractivity contribution in [2.75, 3.05) is 31.1 Å². The minimum absolute atomic E-state index is 0.114. The van der Waals surface area contributed by atoms with Crippen LogP contribution in [0.1, 0.15) is 38.2 Å². The maximum Gasteiger partial charge on any atom is 0.306 e. The van der Waals surface area contributed by atoms with Crippen molar-refractivity contribution in [2.24, 2.45) is 0 Å². The van der Waals surface area contributed by atoms with Gasteiger partial charge in [-0.1, -0.05) is 36.8 Å². The Morgan fingerprint density at radius 1 is 0.969 bits per heavy atom. The van der Waals surface area contributed by atoms with Crippen LogP contribution in [0, 0.1) is 0 Å². The summed E-state index contributed by atoms with van der Waals surface area (Å²) in [6.45, 7) is 3.16. The molecule has 7 nitrogen and oxygen atoms in total. The maximum atomic E-state index is 12.7. The van der Waals surface area contributed by atoms with E-state index in [1.54, 1.807) is 29.2 Å². The first kappa shape index (κ1) is 23.9. The van der Waals surface area contributed by atoms with Crippen LogP contribution in [-0.4, -0.2) is 50.8 Å². The number of benzene rings is 2. The van der Waals surface area contributed by atoms with E-state index in [0.29, 0.717) is 26.1 Å². The average molecular weight is 459 g/mol. The minimum Gasteiger partial charge on any atom is -0.456 e. The molecule has 8 heteroatoms. The fourth-order valence-corrected chi connectivity index (χ4v) is 5.25. The molecule has 32 heavy (non-hydrogen) atoms. The second-order valence-electron chi connectivity index (χ2n) is 7.74. The van der Waals surface area contributed by atoms with Gasteiger partial charge in [0.25, 0.3) is 5.91 Å². The number of carbonyl (C=O) groups is 2. The number of nitrogens with zero attached hydrogens (tertiary/aromatic N) is 2. The number of para-hydroxylation sites is 1. The molecular weight excluding hydrogens is 428 g/mol. The molecule has 1 saturated heterocycles. The smallest absolute Gasteiger partial charge is 0.306 e. The van der Waals surface area contributed by atoms with E-state index in [0.717, 1.165) is 30.5 Å². The molecular formula is C24H30N2O5S. The third kappa shape index (κ3) is 6.17. The Morgan fingerprint density at radius 3 is 2.25 bits per heavy atom. The van der Waals surface area contributed by atoms with Gasteiger partial charge in [0.05, 0.1) is 4.90 Å². The molecule has 0 unspecified atom stereocenters. The molecule has 1 heterocycles. The molecule has 2 aromatic rings. The van der Waals surface area contributed by atoms with Gasteiger partial charge in [0.2, 0.25) is 10.0 Å². The van der Waals surface area contributed by atoms with E-state index in [9.17, 15) is 18.0 Å². The molecule has 0 spiro atoms. The predicted molar refractivity (Wildman–Crippen MR) is 123 cm³/mol. The number of rotatable bonds is 9. The summed E-state index contributed by atoms with van der Waals surface area (Å²) >= 11 is 0. The third-order valence-electron chi connectivity index (χ3n) is 5.54. The Kier molecular flexibility index (Phi) is 8.41. The van der Waals surface area contributed by atoms with Crippen LogP contribution in [0.2, 0.25) is 0 Å². The van der Waals surface area contributed by atoms with E-state index >= 15 is 0 Å². The molecule has 3 rings (SSSR count). The zero-order chi connectivity index (χ0) is 23.0. The summed E-state index contributed by atoms with van der Waals surface area (Å²) in [7, 11) is -3.46. The molecule has 2 aromatic carbocycles. The highest BCUT2D eigenvalue weighted by Gasteiger charge is 2.25. The normalized spacial score (nSPS) is 14.7. The molecule has 0 aromatic heterocycles. The fourth-order valence-electron chi connectivity index (χ4n) is 3.73. The van der Waals surface area contributed by atoms with Crippen LogP contribution in [0.15, 0.2) is 59.5 Å². The summed E-state index contributed by atoms with van der Waals surface area (Å²) in [5.41, 5.74) is 1.60. The molecule has 0 radical (unpaired) electrons. The standard InChI is InChI=1S/C24H30N2O5S/c1-2-26(21-9-5-3-6-10-21)23(27)19-31-24(28)16-13-20-11-14-22(15-12-20)32(29,30)25-17-7-4-8-18-25/h3,5-6,9-12,14-15H,2,4,7-8,13,16-19H2,1H3. The van der Waals surface area contributed by atoms with E-state index in [4.69, 9.17) is 4.74 Å². The topological polar surface area (TPSA) is 84.0 Å². The van der Waals surface area contributed by atoms with Crippen LogP contribution in [-0.2, 0) is 30.8 Å². The highest BCUT2D eigenvalue weighted by atomic mass is 32.2. The summed E-state index contributed by atoms with van der Waals surface area (Å²) in [4.78, 5) is 26.3. The Bertz CT molecular complexity index is 1000. The number of anilines is 1. The summed E-state index contributed by atoms with van der Waals surface area (Å²) < 4.78 is 32.1. The van der Waals surface area contributed by atoms with Crippen molar-refractivity contribution >= 4 is 27.6 Å². The van der Waals surface area contributed by atoms with E-state index < -0.39 is 16.0 Å². The first-order valence-corrected chi connectivity index (χ1v) is 12.5. The summed E-state index contributed by atoms with van der Waals surface area (Å²) in [6, 6.07) is 15.9. The van der Waals surface area contributed by atoms with Crippen LogP contribution in [0.4, 0.5) is 5.69 Å². The molecule has 0 saturated carbocycles. The second kappa shape index (κ2) is 11.2. The van der Waals surface area contributed by atoms with Crippen molar-refractivity contribution in [3.63, 3.8) is 0 Å². The monoisotopic (exact) mass is 458 g/mol. The van der Waals surface area contributed by atoms with Crippen molar-refractivity contribution in [3.8, 4) is 0 Å². The van der Waals surface area contributed by atoms with Crippen LogP contribution in [0.25, 0.3) is 0 Å². The van der Waals surface area contributed by atoms with E-state index in [2.05, 4.69) is 0 Å². The predicted octanol–water partition coefficient (Wildman–Crippen LogP) is 3.39. The number of ether oxygens (including phenoxy) is 1. The summed E-state index contributed by atoms with van der Waals surface area (Å²) in [6.07, 6.45) is 3.37. The number of amides is 1. The Labute approximate surface area is 190 Å². The first-order valence-electron chi connectivity index (χ1n) is 11.0. The molecule has 0 atom stereocenters. The van der Waals surface area contributed by atoms with E-state index in [1.807, 2.05) is 37.3 Å². The van der Waals surface area contributed by atoms with Crippen LogP contribution in [0.5, 0.6) is 0 Å². The summed E-state index contributed by atoms with van der Waals surface area (Å²) in [5.74, 6) is -0.744. The number of hydrogen-bond acceptors (Lipinski definition) is 5. The van der Waals surface area contributed by atoms with Gasteiger partial charge < -0.3 is 9.64 Å². The second-order valence-corrected chi connectivity index (χ2v) is 9.68. The molecule has 1 aliphatic heterocycles. The van der Waals surface area contributed by atoms with Gasteiger partial charge in [-0.3, -0.25) is 9.59 Å². The van der Waals surface area contributed by atoms with Crippen molar-refractivity contribution < 1.29 is 22.7 Å². The van der Waals surface area contributed by atoms with Gasteiger partial charge in [0.15, 0.2) is 6.61 Å². The van der Waals surface area contributed by atoms with Crippen LogP contribution in [0.3, 0.4) is 0 Å². The van der Waals surface area contributed by atoms with Crippen molar-refractivity contribution in [3.05, 3.63) is 60.2 Å². The molecule has 0 aliphatic carbocycles. The number of hydrogen-bond donors (Lipinski definition) is 0. The Balaban J connectivity index is 1.48. The van der Waals surface area contributed by atoms with E-state index in [1.165, 1.54) is 4.31 Å². The largest absolute Gasteiger partial charge is 0.456 e. The lowest BCUT2D eigenvalue weighted by Gasteiger charge is -2.25. The number of esters is 1. The first-order chi connectivity index (χ1) is 15.4. The van der Waals surface area contributed by atoms with Gasteiger partial charge in [-0.05, 0) is 56.0 Å². The molecule has 1 amide bonds. The van der Waals surface area contributed by atoms with Gasteiger partial charge in [-0.2, -0.15) is 4.31 Å². The lowest BCUT2D eigenvalue weighted by Crippen LogP contribution is -2.35. The Hall–Kier alpha value is -2.71. The molecule has 1 aliphatic rings. The van der Waals surface area contributed by atoms with Gasteiger partial charge in [0, 0.05) is 31.7 Å². The average Bonchev–Trinajstić information content (AvgIpc) is 2.83. The Morgan fingerprint density at radius 2 is 1.62 bits per heavy atom.